The minimum Gasteiger partial charge on any atom is -0.398 e. The smallest absolute Gasteiger partial charge is 0.143 e. The van der Waals surface area contributed by atoms with Crippen molar-refractivity contribution in [3.63, 3.8) is 0 Å². The molecule has 0 fully saturated rings. The van der Waals surface area contributed by atoms with Gasteiger partial charge in [0.1, 0.15) is 11.6 Å². The van der Waals surface area contributed by atoms with Crippen LogP contribution in [0.25, 0.3) is 22.4 Å². The second-order valence-electron chi connectivity index (χ2n) is 4.54. The Bertz CT molecular complexity index is 795. The zero-order chi connectivity index (χ0) is 14.3. The first-order chi connectivity index (χ1) is 9.60. The number of nitrogens with zero attached hydrogens (tertiary/aromatic N) is 2. The zero-order valence-corrected chi connectivity index (χ0v) is 12.5. The second kappa shape index (κ2) is 4.90. The zero-order valence-electron chi connectivity index (χ0n) is 10.9. The van der Waals surface area contributed by atoms with Gasteiger partial charge in [-0.3, -0.25) is 0 Å². The number of hydrogen-bond donors (Lipinski definition) is 1. The van der Waals surface area contributed by atoms with Gasteiger partial charge in [-0.1, -0.05) is 15.9 Å². The number of anilines is 1. The van der Waals surface area contributed by atoms with Crippen molar-refractivity contribution in [1.29, 1.82) is 0 Å². The Balaban J connectivity index is 2.30. The molecule has 0 aliphatic carbocycles. The fraction of sp³-hybridized carbons (Fsp3) is 0.133. The van der Waals surface area contributed by atoms with Crippen molar-refractivity contribution >= 4 is 32.7 Å². The summed E-state index contributed by atoms with van der Waals surface area (Å²) in [5.74, 6) is 0.500. The lowest BCUT2D eigenvalue weighted by Gasteiger charge is -2.08. The van der Waals surface area contributed by atoms with E-state index in [2.05, 4.69) is 20.9 Å². The molecule has 0 bridgehead atoms. The summed E-state index contributed by atoms with van der Waals surface area (Å²) in [7, 11) is 0. The minimum absolute atomic E-state index is 0.262. The van der Waals surface area contributed by atoms with Crippen LogP contribution in [-0.2, 0) is 6.54 Å². The van der Waals surface area contributed by atoms with Crippen LogP contribution >= 0.6 is 15.9 Å². The molecule has 2 N–H and O–H groups in total. The highest BCUT2D eigenvalue weighted by Crippen LogP contribution is 2.31. The molecule has 20 heavy (non-hydrogen) atoms. The number of hydrogen-bond acceptors (Lipinski definition) is 2. The van der Waals surface area contributed by atoms with Crippen LogP contribution < -0.4 is 5.73 Å². The van der Waals surface area contributed by atoms with Gasteiger partial charge in [0, 0.05) is 22.3 Å². The predicted octanol–water partition coefficient (Wildman–Crippen LogP) is 4.21. The summed E-state index contributed by atoms with van der Waals surface area (Å²) in [6, 6.07) is 10.3. The van der Waals surface area contributed by atoms with Gasteiger partial charge in [-0.25, -0.2) is 9.37 Å². The molecule has 0 atom stereocenters. The molecule has 0 amide bonds. The van der Waals surface area contributed by atoms with Crippen LogP contribution in [0, 0.1) is 5.82 Å². The molecule has 0 aliphatic rings. The van der Waals surface area contributed by atoms with Crippen molar-refractivity contribution in [3.05, 3.63) is 46.7 Å². The fourth-order valence-corrected chi connectivity index (χ4v) is 2.74. The Kier molecular flexibility index (Phi) is 3.22. The minimum atomic E-state index is -0.262. The number of benzene rings is 2. The van der Waals surface area contributed by atoms with Crippen molar-refractivity contribution in [2.24, 2.45) is 0 Å². The van der Waals surface area contributed by atoms with Crippen LogP contribution in [0.1, 0.15) is 6.92 Å². The molecule has 5 heteroatoms. The fourth-order valence-electron chi connectivity index (χ4n) is 2.36. The third-order valence-electron chi connectivity index (χ3n) is 3.28. The average molecular weight is 334 g/mol. The van der Waals surface area contributed by atoms with Crippen molar-refractivity contribution < 1.29 is 4.39 Å². The molecule has 3 nitrogen and oxygen atoms in total. The van der Waals surface area contributed by atoms with Gasteiger partial charge in [0.2, 0.25) is 0 Å². The van der Waals surface area contributed by atoms with Gasteiger partial charge < -0.3 is 10.3 Å². The molecule has 3 rings (SSSR count). The molecule has 0 aliphatic heterocycles. The summed E-state index contributed by atoms with van der Waals surface area (Å²) in [6.07, 6.45) is 0. The summed E-state index contributed by atoms with van der Waals surface area (Å²) in [6.45, 7) is 2.70. The van der Waals surface area contributed by atoms with Crippen molar-refractivity contribution in [2.45, 2.75) is 13.5 Å². The van der Waals surface area contributed by atoms with Gasteiger partial charge >= 0.3 is 0 Å². The Hall–Kier alpha value is -1.88. The molecular formula is C15H13BrFN3. The first kappa shape index (κ1) is 13.1. The summed E-state index contributed by atoms with van der Waals surface area (Å²) in [5, 5.41) is 0. The Labute approximate surface area is 124 Å². The van der Waals surface area contributed by atoms with E-state index in [1.807, 2.05) is 29.7 Å². The summed E-state index contributed by atoms with van der Waals surface area (Å²) >= 11 is 3.39. The van der Waals surface area contributed by atoms with Crippen LogP contribution in [0.3, 0.4) is 0 Å². The number of rotatable bonds is 2. The van der Waals surface area contributed by atoms with Crippen LogP contribution in [0.15, 0.2) is 40.9 Å². The van der Waals surface area contributed by atoms with E-state index in [0.29, 0.717) is 12.2 Å². The number of aromatic nitrogens is 2. The molecule has 3 aromatic rings. The van der Waals surface area contributed by atoms with E-state index in [9.17, 15) is 4.39 Å². The molecule has 0 unspecified atom stereocenters. The molecule has 102 valence electrons. The van der Waals surface area contributed by atoms with E-state index < -0.39 is 0 Å². The molecule has 1 aromatic heterocycles. The number of imidazole rings is 1. The van der Waals surface area contributed by atoms with Gasteiger partial charge in [0.15, 0.2) is 0 Å². The van der Waals surface area contributed by atoms with E-state index in [4.69, 9.17) is 5.73 Å². The predicted molar refractivity (Wildman–Crippen MR) is 82.9 cm³/mol. The third-order valence-corrected chi connectivity index (χ3v) is 3.77. The topological polar surface area (TPSA) is 43.8 Å². The van der Waals surface area contributed by atoms with Gasteiger partial charge in [-0.05, 0) is 43.3 Å². The monoisotopic (exact) mass is 333 g/mol. The SMILES string of the molecule is CCn1c(-c2ccc(Br)cc2N)nc2ccc(F)cc21. The van der Waals surface area contributed by atoms with Crippen molar-refractivity contribution in [2.75, 3.05) is 5.73 Å². The van der Waals surface area contributed by atoms with Crippen molar-refractivity contribution in [1.82, 2.24) is 9.55 Å². The van der Waals surface area contributed by atoms with Gasteiger partial charge in [0.05, 0.1) is 11.0 Å². The third kappa shape index (κ3) is 2.08. The number of aryl methyl sites for hydroxylation is 1. The molecule has 2 aromatic carbocycles. The first-order valence-electron chi connectivity index (χ1n) is 6.31. The van der Waals surface area contributed by atoms with Gasteiger partial charge in [0.25, 0.3) is 0 Å². The second-order valence-corrected chi connectivity index (χ2v) is 5.46. The lowest BCUT2D eigenvalue weighted by molar-refractivity contribution is 0.628. The average Bonchev–Trinajstić information content (AvgIpc) is 2.76. The van der Waals surface area contributed by atoms with E-state index >= 15 is 0 Å². The Morgan fingerprint density at radius 2 is 2.05 bits per heavy atom. The molecule has 0 saturated heterocycles. The summed E-state index contributed by atoms with van der Waals surface area (Å²) < 4.78 is 16.3. The highest BCUT2D eigenvalue weighted by molar-refractivity contribution is 9.10. The van der Waals surface area contributed by atoms with Crippen LogP contribution in [0.2, 0.25) is 0 Å². The number of nitrogens with two attached hydrogens (primary N) is 1. The number of nitrogen functional groups attached to an aromatic ring is 1. The first-order valence-corrected chi connectivity index (χ1v) is 7.10. The molecule has 0 spiro atoms. The normalized spacial score (nSPS) is 11.2. The van der Waals surface area contributed by atoms with Gasteiger partial charge in [-0.15, -0.1) is 0 Å². The number of fused-ring (bicyclic) bond motifs is 1. The molecule has 1 heterocycles. The van der Waals surface area contributed by atoms with Gasteiger partial charge in [-0.2, -0.15) is 0 Å². The van der Waals surface area contributed by atoms with Crippen LogP contribution in [0.5, 0.6) is 0 Å². The van der Waals surface area contributed by atoms with Crippen molar-refractivity contribution in [3.8, 4) is 11.4 Å². The summed E-state index contributed by atoms with van der Waals surface area (Å²) in [5.41, 5.74) is 9.12. The molecule has 0 saturated carbocycles. The number of halogens is 2. The van der Waals surface area contributed by atoms with E-state index in [0.717, 1.165) is 26.9 Å². The van der Waals surface area contributed by atoms with E-state index in [1.54, 1.807) is 6.07 Å². The Morgan fingerprint density at radius 1 is 1.25 bits per heavy atom. The summed E-state index contributed by atoms with van der Waals surface area (Å²) in [4.78, 5) is 4.59. The molecule has 0 radical (unpaired) electrons. The van der Waals surface area contributed by atoms with E-state index in [1.165, 1.54) is 12.1 Å². The highest BCUT2D eigenvalue weighted by atomic mass is 79.9. The van der Waals surface area contributed by atoms with Crippen LogP contribution in [-0.4, -0.2) is 9.55 Å². The lowest BCUT2D eigenvalue weighted by atomic mass is 10.1. The maximum absolute atomic E-state index is 13.4. The quantitative estimate of drug-likeness (QED) is 0.714. The van der Waals surface area contributed by atoms with Crippen LogP contribution in [0.4, 0.5) is 10.1 Å². The maximum Gasteiger partial charge on any atom is 0.143 e. The Morgan fingerprint density at radius 3 is 2.75 bits per heavy atom. The standard InChI is InChI=1S/C15H13BrFN3/c1-2-20-14-8-10(17)4-6-13(14)19-15(20)11-5-3-9(16)7-12(11)18/h3-8H,2,18H2,1H3. The maximum atomic E-state index is 13.4. The molecular weight excluding hydrogens is 321 g/mol. The lowest BCUT2D eigenvalue weighted by Crippen LogP contribution is -2.00. The largest absolute Gasteiger partial charge is 0.398 e. The highest BCUT2D eigenvalue weighted by Gasteiger charge is 2.14. The van der Waals surface area contributed by atoms with E-state index in [-0.39, 0.29) is 5.82 Å².